The number of aliphatic hydroxyl groups is 1. The third-order valence-corrected chi connectivity index (χ3v) is 3.42. The van der Waals surface area contributed by atoms with Crippen LogP contribution < -0.4 is 4.74 Å². The highest BCUT2D eigenvalue weighted by Crippen LogP contribution is 2.24. The summed E-state index contributed by atoms with van der Waals surface area (Å²) in [5.41, 5.74) is 0.924. The number of halogens is 1. The van der Waals surface area contributed by atoms with E-state index in [0.29, 0.717) is 0 Å². The van der Waals surface area contributed by atoms with Crippen molar-refractivity contribution in [2.45, 2.75) is 19.4 Å². The third kappa shape index (κ3) is 3.46. The molecule has 0 aliphatic heterocycles. The average Bonchev–Trinajstić information content (AvgIpc) is 2.41. The van der Waals surface area contributed by atoms with Gasteiger partial charge in [0.1, 0.15) is 11.5 Å². The summed E-state index contributed by atoms with van der Waals surface area (Å²) in [7, 11) is 0. The van der Waals surface area contributed by atoms with Crippen molar-refractivity contribution in [2.24, 2.45) is 0 Å². The van der Waals surface area contributed by atoms with Gasteiger partial charge in [-0.25, -0.2) is 0 Å². The van der Waals surface area contributed by atoms with E-state index in [-0.39, 0.29) is 0 Å². The molecule has 94 valence electrons. The summed E-state index contributed by atoms with van der Waals surface area (Å²) in [6.45, 7) is 1.96. The minimum Gasteiger partial charge on any atom is -0.457 e. The number of ether oxygens (including phenoxy) is 1. The second-order valence-electron chi connectivity index (χ2n) is 4.05. The molecule has 3 heteroatoms. The van der Waals surface area contributed by atoms with Crippen LogP contribution in [0.2, 0.25) is 0 Å². The molecule has 0 saturated carbocycles. The fourth-order valence-electron chi connectivity index (χ4n) is 1.63. The SMILES string of the molecule is CCC(O)c1ccc(Oc2ccc(I)cc2)cc1. The molecule has 0 heterocycles. The summed E-state index contributed by atoms with van der Waals surface area (Å²) in [5.74, 6) is 1.60. The summed E-state index contributed by atoms with van der Waals surface area (Å²) in [6.07, 6.45) is 0.328. The van der Waals surface area contributed by atoms with Gasteiger partial charge in [-0.15, -0.1) is 0 Å². The van der Waals surface area contributed by atoms with Crippen molar-refractivity contribution in [1.29, 1.82) is 0 Å². The van der Waals surface area contributed by atoms with Crippen molar-refractivity contribution in [3.63, 3.8) is 0 Å². The predicted molar refractivity (Wildman–Crippen MR) is 80.9 cm³/mol. The van der Waals surface area contributed by atoms with Gasteiger partial charge in [0.15, 0.2) is 0 Å². The molecule has 2 aromatic rings. The Hall–Kier alpha value is -1.07. The van der Waals surface area contributed by atoms with Crippen LogP contribution in [0.25, 0.3) is 0 Å². The van der Waals surface area contributed by atoms with Crippen molar-refractivity contribution in [1.82, 2.24) is 0 Å². The Bertz CT molecular complexity index is 491. The molecule has 0 saturated heterocycles. The Labute approximate surface area is 121 Å². The first-order valence-electron chi connectivity index (χ1n) is 5.90. The third-order valence-electron chi connectivity index (χ3n) is 2.70. The van der Waals surface area contributed by atoms with Gasteiger partial charge in [-0.3, -0.25) is 0 Å². The molecule has 1 atom stereocenters. The highest BCUT2D eigenvalue weighted by Gasteiger charge is 2.04. The lowest BCUT2D eigenvalue weighted by Gasteiger charge is -2.10. The topological polar surface area (TPSA) is 29.5 Å². The lowest BCUT2D eigenvalue weighted by atomic mass is 10.1. The standard InChI is InChI=1S/C15H15IO2/c1-2-15(17)11-3-7-13(8-4-11)18-14-9-5-12(16)6-10-14/h3-10,15,17H,2H2,1H3. The summed E-state index contributed by atoms with van der Waals surface area (Å²) in [5, 5.41) is 9.70. The fourth-order valence-corrected chi connectivity index (χ4v) is 1.99. The fraction of sp³-hybridized carbons (Fsp3) is 0.200. The first-order valence-corrected chi connectivity index (χ1v) is 6.98. The molecule has 2 aromatic carbocycles. The van der Waals surface area contributed by atoms with Crippen LogP contribution in [0.1, 0.15) is 25.0 Å². The number of aliphatic hydroxyl groups excluding tert-OH is 1. The zero-order chi connectivity index (χ0) is 13.0. The van der Waals surface area contributed by atoms with Crippen LogP contribution >= 0.6 is 22.6 Å². The van der Waals surface area contributed by atoms with E-state index in [1.54, 1.807) is 0 Å². The van der Waals surface area contributed by atoms with Gasteiger partial charge in [0.2, 0.25) is 0 Å². The van der Waals surface area contributed by atoms with E-state index in [2.05, 4.69) is 22.6 Å². The molecule has 0 spiro atoms. The van der Waals surface area contributed by atoms with Gasteiger partial charge in [-0.1, -0.05) is 19.1 Å². The maximum atomic E-state index is 9.70. The Morgan fingerprint density at radius 3 is 2.00 bits per heavy atom. The molecule has 0 radical (unpaired) electrons. The predicted octanol–water partition coefficient (Wildman–Crippen LogP) is 4.53. The second kappa shape index (κ2) is 6.20. The first kappa shape index (κ1) is 13.4. The molecule has 2 rings (SSSR count). The number of hydrogen-bond acceptors (Lipinski definition) is 2. The Morgan fingerprint density at radius 2 is 1.50 bits per heavy atom. The molecular weight excluding hydrogens is 339 g/mol. The molecule has 0 aliphatic carbocycles. The highest BCUT2D eigenvalue weighted by molar-refractivity contribution is 14.1. The van der Waals surface area contributed by atoms with Gasteiger partial charge >= 0.3 is 0 Å². The lowest BCUT2D eigenvalue weighted by molar-refractivity contribution is 0.173. The maximum absolute atomic E-state index is 9.70. The van der Waals surface area contributed by atoms with Crippen LogP contribution in [0.4, 0.5) is 0 Å². The molecule has 1 N–H and O–H groups in total. The largest absolute Gasteiger partial charge is 0.457 e. The van der Waals surface area contributed by atoms with E-state index >= 15 is 0 Å². The molecule has 0 amide bonds. The van der Waals surface area contributed by atoms with Crippen LogP contribution in [-0.4, -0.2) is 5.11 Å². The molecule has 0 fully saturated rings. The van der Waals surface area contributed by atoms with Crippen molar-refractivity contribution in [3.05, 3.63) is 57.7 Å². The number of hydrogen-bond donors (Lipinski definition) is 1. The van der Waals surface area contributed by atoms with E-state index in [1.165, 1.54) is 3.57 Å². The first-order chi connectivity index (χ1) is 8.69. The van der Waals surface area contributed by atoms with Gasteiger partial charge in [0.25, 0.3) is 0 Å². The summed E-state index contributed by atoms with van der Waals surface area (Å²) < 4.78 is 6.90. The maximum Gasteiger partial charge on any atom is 0.127 e. The Balaban J connectivity index is 2.08. The summed E-state index contributed by atoms with van der Waals surface area (Å²) >= 11 is 2.26. The highest BCUT2D eigenvalue weighted by atomic mass is 127. The molecule has 2 nitrogen and oxygen atoms in total. The van der Waals surface area contributed by atoms with Gasteiger partial charge in [0.05, 0.1) is 6.10 Å². The van der Waals surface area contributed by atoms with E-state index in [0.717, 1.165) is 23.5 Å². The van der Waals surface area contributed by atoms with E-state index < -0.39 is 6.10 Å². The van der Waals surface area contributed by atoms with Gasteiger partial charge in [0, 0.05) is 3.57 Å². The van der Waals surface area contributed by atoms with Gasteiger partial charge < -0.3 is 9.84 Å². The summed E-state index contributed by atoms with van der Waals surface area (Å²) in [4.78, 5) is 0. The van der Waals surface area contributed by atoms with Crippen LogP contribution in [-0.2, 0) is 0 Å². The molecule has 0 bridgehead atoms. The van der Waals surface area contributed by atoms with Gasteiger partial charge in [-0.05, 0) is 71.0 Å². The van der Waals surface area contributed by atoms with Crippen LogP contribution in [0.15, 0.2) is 48.5 Å². The van der Waals surface area contributed by atoms with E-state index in [9.17, 15) is 5.11 Å². The normalized spacial score (nSPS) is 12.2. The van der Waals surface area contributed by atoms with Crippen molar-refractivity contribution in [2.75, 3.05) is 0 Å². The average molecular weight is 354 g/mol. The summed E-state index contributed by atoms with van der Waals surface area (Å²) in [6, 6.07) is 15.5. The number of benzene rings is 2. The van der Waals surface area contributed by atoms with E-state index in [4.69, 9.17) is 4.74 Å². The minimum atomic E-state index is -0.391. The van der Waals surface area contributed by atoms with Crippen molar-refractivity contribution >= 4 is 22.6 Å². The molecule has 0 aliphatic rings. The number of rotatable bonds is 4. The van der Waals surface area contributed by atoms with Crippen molar-refractivity contribution < 1.29 is 9.84 Å². The monoisotopic (exact) mass is 354 g/mol. The molecule has 18 heavy (non-hydrogen) atoms. The zero-order valence-electron chi connectivity index (χ0n) is 10.1. The Morgan fingerprint density at radius 1 is 1.00 bits per heavy atom. The van der Waals surface area contributed by atoms with Crippen molar-refractivity contribution in [3.8, 4) is 11.5 Å². The smallest absolute Gasteiger partial charge is 0.127 e. The second-order valence-corrected chi connectivity index (χ2v) is 5.29. The van der Waals surface area contributed by atoms with Gasteiger partial charge in [-0.2, -0.15) is 0 Å². The molecule has 1 unspecified atom stereocenters. The van der Waals surface area contributed by atoms with Crippen LogP contribution in [0.5, 0.6) is 11.5 Å². The van der Waals surface area contributed by atoms with Crippen LogP contribution in [0, 0.1) is 3.57 Å². The van der Waals surface area contributed by atoms with E-state index in [1.807, 2.05) is 55.5 Å². The zero-order valence-corrected chi connectivity index (χ0v) is 12.3. The quantitative estimate of drug-likeness (QED) is 0.818. The Kier molecular flexibility index (Phi) is 4.60. The molecular formula is C15H15IO2. The molecule has 0 aromatic heterocycles. The lowest BCUT2D eigenvalue weighted by Crippen LogP contribution is -1.94. The minimum absolute atomic E-state index is 0.391. The van der Waals surface area contributed by atoms with Crippen LogP contribution in [0.3, 0.4) is 0 Å².